The van der Waals surface area contributed by atoms with E-state index in [4.69, 9.17) is 5.73 Å². The third-order valence-corrected chi connectivity index (χ3v) is 4.87. The monoisotopic (exact) mass is 409 g/mol. The van der Waals surface area contributed by atoms with Gasteiger partial charge in [-0.3, -0.25) is 4.79 Å². The number of anilines is 1. The molecular formula is C19H22F3N5O2. The van der Waals surface area contributed by atoms with Crippen LogP contribution in [-0.2, 0) is 11.0 Å². The number of phenolic OH excluding ortho intramolecular Hbond substituents is 1. The fraction of sp³-hybridized carbons (Fsp3) is 0.421. The van der Waals surface area contributed by atoms with Gasteiger partial charge in [-0.1, -0.05) is 0 Å². The van der Waals surface area contributed by atoms with Crippen LogP contribution in [0.5, 0.6) is 5.75 Å². The summed E-state index contributed by atoms with van der Waals surface area (Å²) in [6.07, 6.45) is -2.84. The average Bonchev–Trinajstić information content (AvgIpc) is 2.67. The average molecular weight is 409 g/mol. The fourth-order valence-corrected chi connectivity index (χ4v) is 3.39. The number of aryl methyl sites for hydroxylation is 1. The van der Waals surface area contributed by atoms with Gasteiger partial charge >= 0.3 is 6.18 Å². The van der Waals surface area contributed by atoms with E-state index in [2.05, 4.69) is 15.5 Å². The Balaban J connectivity index is 1.76. The van der Waals surface area contributed by atoms with Gasteiger partial charge in [0.05, 0.1) is 17.8 Å². The van der Waals surface area contributed by atoms with E-state index in [1.165, 1.54) is 6.07 Å². The summed E-state index contributed by atoms with van der Waals surface area (Å²) in [5.74, 6) is -0.127. The molecule has 1 atom stereocenters. The summed E-state index contributed by atoms with van der Waals surface area (Å²) < 4.78 is 38.3. The lowest BCUT2D eigenvalue weighted by molar-refractivity contribution is -0.137. The van der Waals surface area contributed by atoms with Gasteiger partial charge in [0.15, 0.2) is 0 Å². The van der Waals surface area contributed by atoms with Crippen LogP contribution in [0.3, 0.4) is 0 Å². The zero-order valence-corrected chi connectivity index (χ0v) is 15.8. The highest BCUT2D eigenvalue weighted by molar-refractivity contribution is 5.78. The molecule has 1 aliphatic heterocycles. The summed E-state index contributed by atoms with van der Waals surface area (Å²) in [4.78, 5) is 13.5. The molecule has 0 unspecified atom stereocenters. The minimum absolute atomic E-state index is 0.00160. The number of nitrogens with two attached hydrogens (primary N) is 1. The van der Waals surface area contributed by atoms with Crippen LogP contribution in [0.1, 0.15) is 24.0 Å². The van der Waals surface area contributed by atoms with Gasteiger partial charge in [-0.25, -0.2) is 0 Å². The molecule has 2 heterocycles. The van der Waals surface area contributed by atoms with E-state index >= 15 is 0 Å². The normalized spacial score (nSPS) is 17.3. The Morgan fingerprint density at radius 2 is 2.10 bits per heavy atom. The van der Waals surface area contributed by atoms with Gasteiger partial charge < -0.3 is 21.1 Å². The maximum absolute atomic E-state index is 12.8. The molecule has 4 N–H and O–H groups in total. The minimum Gasteiger partial charge on any atom is -0.507 e. The molecule has 1 fully saturated rings. The van der Waals surface area contributed by atoms with E-state index in [9.17, 15) is 23.1 Å². The van der Waals surface area contributed by atoms with Gasteiger partial charge in [-0.15, -0.1) is 10.2 Å². The van der Waals surface area contributed by atoms with Crippen molar-refractivity contribution in [3.63, 3.8) is 0 Å². The zero-order valence-electron chi connectivity index (χ0n) is 15.8. The third-order valence-electron chi connectivity index (χ3n) is 4.87. The lowest BCUT2D eigenvalue weighted by Crippen LogP contribution is -2.47. The molecule has 1 amide bonds. The molecule has 29 heavy (non-hydrogen) atoms. The summed E-state index contributed by atoms with van der Waals surface area (Å²) in [5, 5.41) is 21.4. The van der Waals surface area contributed by atoms with E-state index in [0.717, 1.165) is 18.9 Å². The van der Waals surface area contributed by atoms with E-state index in [0.29, 0.717) is 36.2 Å². The lowest BCUT2D eigenvalue weighted by Gasteiger charge is -2.33. The molecule has 0 spiro atoms. The molecule has 1 aromatic carbocycles. The number of amides is 1. The number of piperidine rings is 1. The Hall–Kier alpha value is -2.88. The SMILES string of the molecule is Cc1cc(N[C@@H]2CCCN(C(=O)CN)C2)nnc1-c1ccc(C(F)(F)F)cc1O. The molecule has 7 nitrogen and oxygen atoms in total. The number of halogens is 3. The number of phenols is 1. The van der Waals surface area contributed by atoms with Crippen molar-refractivity contribution in [2.45, 2.75) is 32.0 Å². The molecule has 2 aromatic rings. The van der Waals surface area contributed by atoms with Crippen molar-refractivity contribution in [1.82, 2.24) is 15.1 Å². The second kappa shape index (κ2) is 8.24. The molecule has 0 saturated carbocycles. The highest BCUT2D eigenvalue weighted by Crippen LogP contribution is 2.36. The summed E-state index contributed by atoms with van der Waals surface area (Å²) in [6, 6.07) is 4.46. The van der Waals surface area contributed by atoms with E-state index in [-0.39, 0.29) is 24.1 Å². The van der Waals surface area contributed by atoms with Crippen LogP contribution in [0.15, 0.2) is 24.3 Å². The first kappa shape index (κ1) is 20.8. The fourth-order valence-electron chi connectivity index (χ4n) is 3.39. The predicted molar refractivity (Wildman–Crippen MR) is 101 cm³/mol. The molecule has 0 aliphatic carbocycles. The lowest BCUT2D eigenvalue weighted by atomic mass is 10.0. The Labute approximate surface area is 165 Å². The summed E-state index contributed by atoms with van der Waals surface area (Å²) in [6.45, 7) is 2.89. The molecule has 1 aromatic heterocycles. The van der Waals surface area contributed by atoms with Gasteiger partial charge in [0, 0.05) is 24.7 Å². The summed E-state index contributed by atoms with van der Waals surface area (Å²) in [7, 11) is 0. The standard InChI is InChI=1S/C19H22F3N5O2/c1-11-7-16(24-13-3-2-6-27(10-13)17(29)9-23)25-26-18(11)14-5-4-12(8-15(14)28)19(20,21)22/h4-5,7-8,13,28H,2-3,6,9-10,23H2,1H3,(H,24,25)/t13-/m1/s1. The predicted octanol–water partition coefficient (Wildman–Crippen LogP) is 2.54. The van der Waals surface area contributed by atoms with Gasteiger partial charge in [-0.05, 0) is 49.6 Å². The van der Waals surface area contributed by atoms with E-state index in [1.54, 1.807) is 17.9 Å². The number of rotatable bonds is 4. The van der Waals surface area contributed by atoms with Crippen molar-refractivity contribution in [3.05, 3.63) is 35.4 Å². The highest BCUT2D eigenvalue weighted by Gasteiger charge is 2.31. The molecule has 156 valence electrons. The summed E-state index contributed by atoms with van der Waals surface area (Å²) in [5.41, 5.74) is 5.60. The first-order chi connectivity index (χ1) is 13.7. The van der Waals surface area contributed by atoms with Crippen molar-refractivity contribution in [2.24, 2.45) is 5.73 Å². The quantitative estimate of drug-likeness (QED) is 0.717. The Kier molecular flexibility index (Phi) is 5.92. The molecule has 10 heteroatoms. The number of likely N-dealkylation sites (tertiary alicyclic amines) is 1. The maximum atomic E-state index is 12.8. The first-order valence-electron chi connectivity index (χ1n) is 9.18. The van der Waals surface area contributed by atoms with Gasteiger partial charge in [0.2, 0.25) is 5.91 Å². The smallest absolute Gasteiger partial charge is 0.416 e. The second-order valence-electron chi connectivity index (χ2n) is 7.02. The molecule has 1 aliphatic rings. The Morgan fingerprint density at radius 1 is 1.34 bits per heavy atom. The maximum Gasteiger partial charge on any atom is 0.416 e. The van der Waals surface area contributed by atoms with Crippen molar-refractivity contribution in [1.29, 1.82) is 0 Å². The minimum atomic E-state index is -4.54. The van der Waals surface area contributed by atoms with Crippen LogP contribution in [0, 0.1) is 6.92 Å². The van der Waals surface area contributed by atoms with Crippen LogP contribution >= 0.6 is 0 Å². The number of benzene rings is 1. The zero-order chi connectivity index (χ0) is 21.2. The highest BCUT2D eigenvalue weighted by atomic mass is 19.4. The molecule has 3 rings (SSSR count). The van der Waals surface area contributed by atoms with Crippen LogP contribution in [-0.4, -0.2) is 51.8 Å². The first-order valence-corrected chi connectivity index (χ1v) is 9.18. The number of aromatic hydroxyl groups is 1. The molecular weight excluding hydrogens is 387 g/mol. The number of hydrogen-bond donors (Lipinski definition) is 3. The van der Waals surface area contributed by atoms with Crippen LogP contribution in [0.25, 0.3) is 11.3 Å². The number of hydrogen-bond acceptors (Lipinski definition) is 6. The number of carbonyl (C=O) groups is 1. The Bertz CT molecular complexity index is 904. The largest absolute Gasteiger partial charge is 0.507 e. The number of alkyl halides is 3. The van der Waals surface area contributed by atoms with Crippen molar-refractivity contribution < 1.29 is 23.1 Å². The van der Waals surface area contributed by atoms with Crippen LogP contribution in [0.2, 0.25) is 0 Å². The van der Waals surface area contributed by atoms with E-state index < -0.39 is 17.5 Å². The number of nitrogens with one attached hydrogen (secondary N) is 1. The number of carbonyl (C=O) groups excluding carboxylic acids is 1. The van der Waals surface area contributed by atoms with Crippen molar-refractivity contribution in [3.8, 4) is 17.0 Å². The second-order valence-corrected chi connectivity index (χ2v) is 7.02. The van der Waals surface area contributed by atoms with Crippen molar-refractivity contribution in [2.75, 3.05) is 25.0 Å². The van der Waals surface area contributed by atoms with Gasteiger partial charge in [0.25, 0.3) is 0 Å². The van der Waals surface area contributed by atoms with Crippen molar-refractivity contribution >= 4 is 11.7 Å². The molecule has 0 bridgehead atoms. The topological polar surface area (TPSA) is 104 Å². The van der Waals surface area contributed by atoms with Gasteiger partial charge in [-0.2, -0.15) is 13.2 Å². The summed E-state index contributed by atoms with van der Waals surface area (Å²) >= 11 is 0. The number of aromatic nitrogens is 2. The van der Waals surface area contributed by atoms with Crippen LogP contribution < -0.4 is 11.1 Å². The number of nitrogens with zero attached hydrogens (tertiary/aromatic N) is 3. The van der Waals surface area contributed by atoms with Gasteiger partial charge in [0.1, 0.15) is 11.6 Å². The Morgan fingerprint density at radius 3 is 2.72 bits per heavy atom. The third kappa shape index (κ3) is 4.76. The molecule has 0 radical (unpaired) electrons. The van der Waals surface area contributed by atoms with Crippen LogP contribution in [0.4, 0.5) is 19.0 Å². The van der Waals surface area contributed by atoms with E-state index in [1.807, 2.05) is 0 Å². The molecule has 1 saturated heterocycles.